The van der Waals surface area contributed by atoms with Gasteiger partial charge in [0.25, 0.3) is 5.79 Å². The molecule has 0 amide bonds. The lowest BCUT2D eigenvalue weighted by Gasteiger charge is -2.60. The molecule has 0 bridgehead atoms. The maximum atomic E-state index is 10.6. The lowest BCUT2D eigenvalue weighted by Crippen LogP contribution is -2.73. The van der Waals surface area contributed by atoms with Crippen molar-refractivity contribution >= 4 is 8.69 Å². The predicted molar refractivity (Wildman–Crippen MR) is 90.4 cm³/mol. The van der Waals surface area contributed by atoms with Crippen molar-refractivity contribution < 1.29 is 33.1 Å². The van der Waals surface area contributed by atoms with Crippen LogP contribution in [-0.2, 0) is 34.3 Å². The average molecular weight is 372 g/mol. The minimum atomic E-state index is -1.13. The van der Waals surface area contributed by atoms with Gasteiger partial charge in [0.1, 0.15) is 5.75 Å². The fourth-order valence-electron chi connectivity index (χ4n) is 2.91. The molecule has 2 rings (SSSR count). The van der Waals surface area contributed by atoms with Gasteiger partial charge < -0.3 is 18.7 Å². The van der Waals surface area contributed by atoms with Crippen LogP contribution in [0.3, 0.4) is 0 Å². The molecule has 8 heteroatoms. The summed E-state index contributed by atoms with van der Waals surface area (Å²) in [5.74, 6) is -0.656. The molecule has 0 aliphatic carbocycles. The summed E-state index contributed by atoms with van der Waals surface area (Å²) in [5, 5.41) is 0. The van der Waals surface area contributed by atoms with E-state index < -0.39 is 20.1 Å². The highest BCUT2D eigenvalue weighted by molar-refractivity contribution is 7.17. The molecule has 0 N–H and O–H groups in total. The van der Waals surface area contributed by atoms with E-state index in [0.29, 0.717) is 19.0 Å². The van der Waals surface area contributed by atoms with Gasteiger partial charge in [-0.1, -0.05) is 20.8 Å². The van der Waals surface area contributed by atoms with Crippen LogP contribution in [0.15, 0.2) is 24.3 Å². The van der Waals surface area contributed by atoms with E-state index >= 15 is 0 Å². The first-order valence-electron chi connectivity index (χ1n) is 7.96. The summed E-state index contributed by atoms with van der Waals surface area (Å²) >= 11 is 0. The molecule has 1 aromatic rings. The molecule has 0 aromatic heterocycles. The Bertz CT molecular complexity index is 567. The molecule has 1 aliphatic heterocycles. The molecule has 7 nitrogen and oxygen atoms in total. The largest absolute Gasteiger partial charge is 0.408 e. The molecule has 1 aliphatic rings. The van der Waals surface area contributed by atoms with Gasteiger partial charge in [0.05, 0.1) is 19.8 Å². The Labute approximate surface area is 149 Å². The molecular formula is C17H25O7P. The molecular weight excluding hydrogens is 347 g/mol. The van der Waals surface area contributed by atoms with Crippen LogP contribution < -0.4 is 4.52 Å². The highest BCUT2D eigenvalue weighted by Crippen LogP contribution is 2.57. The van der Waals surface area contributed by atoms with Gasteiger partial charge in [0, 0.05) is 25.2 Å². The summed E-state index contributed by atoms with van der Waals surface area (Å²) in [6.45, 7) is 7.31. The van der Waals surface area contributed by atoms with Gasteiger partial charge in [-0.25, -0.2) is 9.45 Å². The third kappa shape index (κ3) is 3.58. The number of rotatable bonds is 9. The van der Waals surface area contributed by atoms with E-state index in [2.05, 4.69) is 0 Å². The van der Waals surface area contributed by atoms with Crippen LogP contribution in [0.25, 0.3) is 0 Å². The molecule has 0 spiro atoms. The van der Waals surface area contributed by atoms with E-state index in [4.69, 9.17) is 28.5 Å². The van der Waals surface area contributed by atoms with Crippen molar-refractivity contribution in [3.8, 4) is 5.75 Å². The lowest BCUT2D eigenvalue weighted by atomic mass is 9.68. The van der Waals surface area contributed by atoms with Crippen molar-refractivity contribution in [1.82, 2.24) is 0 Å². The van der Waals surface area contributed by atoms with Gasteiger partial charge in [-0.3, -0.25) is 0 Å². The summed E-state index contributed by atoms with van der Waals surface area (Å²) in [7, 11) is 2.78. The van der Waals surface area contributed by atoms with Gasteiger partial charge in [-0.2, -0.15) is 4.89 Å². The Morgan fingerprint density at radius 2 is 1.76 bits per heavy atom. The Morgan fingerprint density at radius 1 is 1.08 bits per heavy atom. The molecule has 1 heterocycles. The molecule has 0 radical (unpaired) electrons. The number of methoxy groups -OCH3 is 2. The van der Waals surface area contributed by atoms with Gasteiger partial charge >= 0.3 is 8.69 Å². The van der Waals surface area contributed by atoms with E-state index in [1.807, 2.05) is 20.8 Å². The van der Waals surface area contributed by atoms with E-state index in [1.54, 1.807) is 38.5 Å². The summed E-state index contributed by atoms with van der Waals surface area (Å²) in [4.78, 5) is 11.1. The molecule has 1 fully saturated rings. The van der Waals surface area contributed by atoms with Crippen LogP contribution in [-0.4, -0.2) is 39.6 Å². The highest BCUT2D eigenvalue weighted by atomic mass is 31.1. The van der Waals surface area contributed by atoms with Gasteiger partial charge in [-0.15, -0.1) is 0 Å². The molecule has 1 aromatic carbocycles. The third-order valence-corrected chi connectivity index (χ3v) is 4.73. The van der Waals surface area contributed by atoms with E-state index in [0.717, 1.165) is 5.56 Å². The molecule has 0 saturated carbocycles. The Balaban J connectivity index is 2.33. The summed E-state index contributed by atoms with van der Waals surface area (Å²) < 4.78 is 32.1. The first-order valence-corrected chi connectivity index (χ1v) is 8.69. The minimum Gasteiger partial charge on any atom is -0.408 e. The zero-order chi connectivity index (χ0) is 18.6. The second-order valence-corrected chi connectivity index (χ2v) is 7.13. The van der Waals surface area contributed by atoms with E-state index in [-0.39, 0.29) is 12.0 Å². The van der Waals surface area contributed by atoms with Crippen molar-refractivity contribution in [3.63, 3.8) is 0 Å². The van der Waals surface area contributed by atoms with Gasteiger partial charge in [-0.05, 0) is 24.3 Å². The summed E-state index contributed by atoms with van der Waals surface area (Å²) in [6.07, 6.45) is 0. The Morgan fingerprint density at radius 3 is 2.20 bits per heavy atom. The number of ether oxygens (including phenoxy) is 3. The maximum absolute atomic E-state index is 10.6. The van der Waals surface area contributed by atoms with Gasteiger partial charge in [0.2, 0.25) is 0 Å². The van der Waals surface area contributed by atoms with Crippen LogP contribution in [0.2, 0.25) is 0 Å². The summed E-state index contributed by atoms with van der Waals surface area (Å²) in [5.41, 5.74) is -0.458. The lowest BCUT2D eigenvalue weighted by molar-refractivity contribution is -0.638. The monoisotopic (exact) mass is 372 g/mol. The Kier molecular flexibility index (Phi) is 6.54. The van der Waals surface area contributed by atoms with Crippen LogP contribution in [0, 0.1) is 5.41 Å². The Hall–Kier alpha value is -1.08. The van der Waals surface area contributed by atoms with Crippen LogP contribution in [0.4, 0.5) is 0 Å². The zero-order valence-corrected chi connectivity index (χ0v) is 16.1. The molecule has 140 valence electrons. The molecule has 1 saturated heterocycles. The van der Waals surface area contributed by atoms with Crippen LogP contribution >= 0.6 is 8.69 Å². The SMILES string of the molecule is COCCOCC1(C(C)(C)C)OOC1(OC)c1ccc(OP=O)cc1. The third-order valence-electron chi connectivity index (χ3n) is 4.45. The van der Waals surface area contributed by atoms with Crippen LogP contribution in [0.5, 0.6) is 5.75 Å². The number of hydrogen-bond acceptors (Lipinski definition) is 7. The first-order chi connectivity index (χ1) is 11.9. The van der Waals surface area contributed by atoms with Gasteiger partial charge in [0.15, 0.2) is 5.60 Å². The smallest absolute Gasteiger partial charge is 0.395 e. The quantitative estimate of drug-likeness (QED) is 0.373. The molecule has 2 unspecified atom stereocenters. The standard InChI is InChI=1S/C17H25O7P/c1-15(2,3)16(12-21-11-10-19-4)17(20-5,24-23-16)13-6-8-14(9-7-13)22-25-18/h6-9H,10-12H2,1-5H3. The van der Waals surface area contributed by atoms with E-state index in [1.165, 1.54) is 0 Å². The molecule has 2 atom stereocenters. The predicted octanol–water partition coefficient (Wildman–Crippen LogP) is 3.48. The fraction of sp³-hybridized carbons (Fsp3) is 0.647. The van der Waals surface area contributed by atoms with Crippen molar-refractivity contribution in [1.29, 1.82) is 0 Å². The second-order valence-electron chi connectivity index (χ2n) is 6.80. The average Bonchev–Trinajstić information content (AvgIpc) is 2.55. The molecule has 25 heavy (non-hydrogen) atoms. The van der Waals surface area contributed by atoms with E-state index in [9.17, 15) is 4.57 Å². The first kappa shape index (κ1) is 20.2. The maximum Gasteiger partial charge on any atom is 0.395 e. The van der Waals surface area contributed by atoms with Crippen molar-refractivity contribution in [2.75, 3.05) is 34.0 Å². The zero-order valence-electron chi connectivity index (χ0n) is 15.2. The van der Waals surface area contributed by atoms with Crippen molar-refractivity contribution in [2.45, 2.75) is 32.2 Å². The minimum absolute atomic E-state index is 0.269. The van der Waals surface area contributed by atoms with Crippen LogP contribution in [0.1, 0.15) is 26.3 Å². The topological polar surface area (TPSA) is 72.5 Å². The van der Waals surface area contributed by atoms with Crippen molar-refractivity contribution in [2.24, 2.45) is 5.41 Å². The second kappa shape index (κ2) is 8.08. The number of hydrogen-bond donors (Lipinski definition) is 0. The fourth-order valence-corrected chi connectivity index (χ4v) is 3.11. The summed E-state index contributed by atoms with van der Waals surface area (Å²) in [6, 6.07) is 6.98. The number of benzene rings is 1. The highest BCUT2D eigenvalue weighted by Gasteiger charge is 2.71. The van der Waals surface area contributed by atoms with Crippen molar-refractivity contribution in [3.05, 3.63) is 29.8 Å². The normalized spacial score (nSPS) is 26.4.